The van der Waals surface area contributed by atoms with Gasteiger partial charge < -0.3 is 9.88 Å². The van der Waals surface area contributed by atoms with E-state index in [9.17, 15) is 4.79 Å². The van der Waals surface area contributed by atoms with Crippen molar-refractivity contribution in [2.45, 2.75) is 13.0 Å². The first-order chi connectivity index (χ1) is 16.7. The number of allylic oxidation sites excluding steroid dienone is 2. The molecule has 8 nitrogen and oxygen atoms in total. The van der Waals surface area contributed by atoms with Gasteiger partial charge in [-0.15, -0.1) is 11.3 Å². The number of anilines is 1. The van der Waals surface area contributed by atoms with Crippen LogP contribution >= 0.6 is 11.3 Å². The molecular weight excluding hydrogens is 446 g/mol. The third kappa shape index (κ3) is 3.82. The minimum Gasteiger partial charge on any atom is -0.332 e. The highest BCUT2D eigenvalue weighted by atomic mass is 32.1. The van der Waals surface area contributed by atoms with Crippen molar-refractivity contribution >= 4 is 40.0 Å². The Labute approximate surface area is 198 Å². The second-order valence-corrected chi connectivity index (χ2v) is 8.64. The molecule has 1 aliphatic carbocycles. The zero-order valence-corrected chi connectivity index (χ0v) is 18.8. The van der Waals surface area contributed by atoms with E-state index in [4.69, 9.17) is 4.98 Å². The van der Waals surface area contributed by atoms with E-state index in [1.807, 2.05) is 65.5 Å². The molecule has 1 aliphatic rings. The van der Waals surface area contributed by atoms with Crippen LogP contribution in [0, 0.1) is 0 Å². The van der Waals surface area contributed by atoms with Gasteiger partial charge in [0, 0.05) is 29.5 Å². The molecule has 0 unspecified atom stereocenters. The van der Waals surface area contributed by atoms with Crippen molar-refractivity contribution in [3.63, 3.8) is 0 Å². The highest BCUT2D eigenvalue weighted by Crippen LogP contribution is 2.29. The fraction of sp³-hybridized carbons (Fsp3) is 0.0800. The molecule has 1 aromatic carbocycles. The molecule has 0 saturated heterocycles. The number of carbonyl (C=O) groups is 1. The summed E-state index contributed by atoms with van der Waals surface area (Å²) in [6, 6.07) is 7.65. The van der Waals surface area contributed by atoms with Crippen molar-refractivity contribution in [2.24, 2.45) is 0 Å². The summed E-state index contributed by atoms with van der Waals surface area (Å²) in [4.78, 5) is 31.8. The SMILES string of the molecule is O=C(Nc1ccccc1-c1cn2c(Cn3ccnc3)csc2n1)c1cnc2c(n1)=CCC=CC=2. The number of para-hydroxylation sites is 1. The minimum atomic E-state index is -0.310. The molecular formula is C25H19N7OS. The van der Waals surface area contributed by atoms with E-state index >= 15 is 0 Å². The largest absolute Gasteiger partial charge is 0.332 e. The van der Waals surface area contributed by atoms with E-state index in [0.717, 1.165) is 33.7 Å². The average Bonchev–Trinajstić information content (AvgIpc) is 3.55. The number of nitrogens with one attached hydrogen (secondary N) is 1. The summed E-state index contributed by atoms with van der Waals surface area (Å²) in [6.07, 6.45) is 17.6. The van der Waals surface area contributed by atoms with E-state index < -0.39 is 0 Å². The maximum Gasteiger partial charge on any atom is 0.275 e. The van der Waals surface area contributed by atoms with Crippen molar-refractivity contribution in [1.29, 1.82) is 0 Å². The fourth-order valence-electron chi connectivity index (χ4n) is 3.86. The van der Waals surface area contributed by atoms with Gasteiger partial charge in [-0.2, -0.15) is 0 Å². The van der Waals surface area contributed by atoms with Crippen molar-refractivity contribution in [3.05, 3.63) is 95.0 Å². The maximum atomic E-state index is 13.0. The Morgan fingerprint density at radius 1 is 1.18 bits per heavy atom. The molecule has 0 aliphatic heterocycles. The Hall–Kier alpha value is -4.37. The second kappa shape index (κ2) is 8.53. The van der Waals surface area contributed by atoms with Gasteiger partial charge in [-0.05, 0) is 18.6 Å². The lowest BCUT2D eigenvalue weighted by atomic mass is 10.1. The highest BCUT2D eigenvalue weighted by molar-refractivity contribution is 7.15. The van der Waals surface area contributed by atoms with Gasteiger partial charge in [-0.1, -0.05) is 36.4 Å². The van der Waals surface area contributed by atoms with Crippen LogP contribution in [-0.4, -0.2) is 34.8 Å². The average molecular weight is 466 g/mol. The third-order valence-electron chi connectivity index (χ3n) is 5.54. The van der Waals surface area contributed by atoms with E-state index in [2.05, 4.69) is 30.0 Å². The first kappa shape index (κ1) is 20.3. The number of amides is 1. The Kier molecular flexibility index (Phi) is 5.08. The number of nitrogens with zero attached hydrogens (tertiary/aromatic N) is 6. The Bertz CT molecular complexity index is 1660. The van der Waals surface area contributed by atoms with Crippen LogP contribution in [0.1, 0.15) is 22.6 Å². The molecule has 0 fully saturated rings. The molecule has 6 rings (SSSR count). The second-order valence-electron chi connectivity index (χ2n) is 7.80. The molecule has 0 radical (unpaired) electrons. The van der Waals surface area contributed by atoms with Gasteiger partial charge in [0.1, 0.15) is 5.69 Å². The van der Waals surface area contributed by atoms with Crippen molar-refractivity contribution in [3.8, 4) is 11.3 Å². The summed E-state index contributed by atoms with van der Waals surface area (Å²) in [5.74, 6) is -0.310. The summed E-state index contributed by atoms with van der Waals surface area (Å²) in [7, 11) is 0. The molecule has 5 aromatic rings. The first-order valence-corrected chi connectivity index (χ1v) is 11.6. The van der Waals surface area contributed by atoms with E-state index in [-0.39, 0.29) is 11.6 Å². The monoisotopic (exact) mass is 465 g/mol. The molecule has 0 saturated carbocycles. The quantitative estimate of drug-likeness (QED) is 0.431. The first-order valence-electron chi connectivity index (χ1n) is 10.8. The summed E-state index contributed by atoms with van der Waals surface area (Å²) < 4.78 is 4.10. The zero-order valence-electron chi connectivity index (χ0n) is 18.0. The number of benzene rings is 1. The lowest BCUT2D eigenvalue weighted by molar-refractivity contribution is 0.102. The number of thiazole rings is 1. The predicted octanol–water partition coefficient (Wildman–Crippen LogP) is 2.87. The molecule has 1 amide bonds. The van der Waals surface area contributed by atoms with Crippen LogP contribution in [0.4, 0.5) is 5.69 Å². The van der Waals surface area contributed by atoms with Crippen LogP contribution in [-0.2, 0) is 6.54 Å². The summed E-state index contributed by atoms with van der Waals surface area (Å²) >= 11 is 1.58. The van der Waals surface area contributed by atoms with Gasteiger partial charge in [-0.3, -0.25) is 14.2 Å². The molecule has 0 spiro atoms. The topological polar surface area (TPSA) is 90.0 Å². The van der Waals surface area contributed by atoms with Crippen molar-refractivity contribution in [1.82, 2.24) is 28.9 Å². The smallest absolute Gasteiger partial charge is 0.275 e. The highest BCUT2D eigenvalue weighted by Gasteiger charge is 2.16. The molecule has 4 aromatic heterocycles. The number of fused-ring (bicyclic) bond motifs is 2. The zero-order chi connectivity index (χ0) is 22.9. The Morgan fingerprint density at radius 2 is 2.12 bits per heavy atom. The van der Waals surface area contributed by atoms with Gasteiger partial charge >= 0.3 is 0 Å². The van der Waals surface area contributed by atoms with E-state index in [0.29, 0.717) is 17.6 Å². The maximum absolute atomic E-state index is 13.0. The molecule has 0 atom stereocenters. The summed E-state index contributed by atoms with van der Waals surface area (Å²) in [5, 5.41) is 6.57. The van der Waals surface area contributed by atoms with Gasteiger partial charge in [0.05, 0.1) is 46.8 Å². The number of imidazole rings is 2. The van der Waals surface area contributed by atoms with Crippen molar-refractivity contribution in [2.75, 3.05) is 5.32 Å². The third-order valence-corrected chi connectivity index (χ3v) is 6.43. The molecule has 9 heteroatoms. The number of hydrogen-bond acceptors (Lipinski definition) is 6. The number of hydrogen-bond donors (Lipinski definition) is 1. The Morgan fingerprint density at radius 3 is 3.03 bits per heavy atom. The minimum absolute atomic E-state index is 0.272. The predicted molar refractivity (Wildman–Crippen MR) is 132 cm³/mol. The number of aromatic nitrogens is 6. The molecule has 1 N–H and O–H groups in total. The number of rotatable bonds is 5. The van der Waals surface area contributed by atoms with Crippen LogP contribution in [0.3, 0.4) is 0 Å². The summed E-state index contributed by atoms with van der Waals surface area (Å²) in [6.45, 7) is 0.704. The molecule has 0 bridgehead atoms. The lowest BCUT2D eigenvalue weighted by Gasteiger charge is -2.09. The lowest BCUT2D eigenvalue weighted by Crippen LogP contribution is -2.33. The van der Waals surface area contributed by atoms with Gasteiger partial charge in [0.2, 0.25) is 0 Å². The molecule has 34 heavy (non-hydrogen) atoms. The standard InChI is InChI=1S/C25H19N7OS/c33-24(22-12-27-20-8-2-1-3-9-21(20)28-22)29-19-7-5-4-6-18(19)23-14-32-17(15-34-25(32)30-23)13-31-11-10-26-16-31/h1-2,4-12,14-16H,3,13H2,(H,29,33). The van der Waals surface area contributed by atoms with Crippen LogP contribution in [0.15, 0.2) is 72.9 Å². The molecule has 166 valence electrons. The van der Waals surface area contributed by atoms with Crippen LogP contribution in [0.5, 0.6) is 0 Å². The van der Waals surface area contributed by atoms with Crippen LogP contribution in [0.25, 0.3) is 28.4 Å². The normalized spacial score (nSPS) is 12.6. The fourth-order valence-corrected chi connectivity index (χ4v) is 4.72. The van der Waals surface area contributed by atoms with Crippen molar-refractivity contribution < 1.29 is 4.79 Å². The molecule has 4 heterocycles. The van der Waals surface area contributed by atoms with E-state index in [1.165, 1.54) is 6.20 Å². The van der Waals surface area contributed by atoms with Gasteiger partial charge in [0.25, 0.3) is 5.91 Å². The van der Waals surface area contributed by atoms with Crippen LogP contribution in [0.2, 0.25) is 0 Å². The van der Waals surface area contributed by atoms with Crippen LogP contribution < -0.4 is 16.0 Å². The Balaban J connectivity index is 1.31. The van der Waals surface area contributed by atoms with Gasteiger partial charge in [0.15, 0.2) is 4.96 Å². The van der Waals surface area contributed by atoms with Gasteiger partial charge in [-0.25, -0.2) is 15.0 Å². The van der Waals surface area contributed by atoms with E-state index in [1.54, 1.807) is 23.9 Å². The summed E-state index contributed by atoms with van der Waals surface area (Å²) in [5.41, 5.74) is 3.68. The number of carbonyl (C=O) groups excluding carboxylic acids is 1.